The topological polar surface area (TPSA) is 70.0 Å². The fourth-order valence-corrected chi connectivity index (χ4v) is 4.24. The minimum Gasteiger partial charge on any atom is -0.478 e. The normalized spacial score (nSPS) is 17.7. The fourth-order valence-electron chi connectivity index (χ4n) is 2.17. The van der Waals surface area contributed by atoms with Crippen LogP contribution in [0.4, 0.5) is 5.69 Å². The molecular formula is C17H13ClN2O3S2. The minimum absolute atomic E-state index is 0.0229. The summed E-state index contributed by atoms with van der Waals surface area (Å²) in [6.45, 7) is 2.01. The van der Waals surface area contributed by atoms with E-state index in [9.17, 15) is 9.59 Å². The first kappa shape index (κ1) is 17.7. The summed E-state index contributed by atoms with van der Waals surface area (Å²) in [6.07, 6.45) is 1.84. The molecule has 0 bridgehead atoms. The Labute approximate surface area is 157 Å². The number of hydrogen-bond acceptors (Lipinski definition) is 5. The van der Waals surface area contributed by atoms with E-state index in [2.05, 4.69) is 4.99 Å². The van der Waals surface area contributed by atoms with Gasteiger partial charge in [0.1, 0.15) is 0 Å². The van der Waals surface area contributed by atoms with Gasteiger partial charge in [-0.05, 0) is 55.1 Å². The molecule has 1 aromatic carbocycles. The van der Waals surface area contributed by atoms with Gasteiger partial charge in [0.2, 0.25) is 0 Å². The highest BCUT2D eigenvalue weighted by Crippen LogP contribution is 2.34. The second-order valence-electron chi connectivity index (χ2n) is 5.29. The number of carboxylic acid groups (broad SMARTS) is 1. The maximum atomic E-state index is 12.4. The predicted molar refractivity (Wildman–Crippen MR) is 103 cm³/mol. The monoisotopic (exact) mass is 392 g/mol. The molecule has 0 atom stereocenters. The van der Waals surface area contributed by atoms with Crippen molar-refractivity contribution in [2.75, 3.05) is 7.05 Å². The average molecular weight is 393 g/mol. The van der Waals surface area contributed by atoms with E-state index in [-0.39, 0.29) is 16.5 Å². The van der Waals surface area contributed by atoms with Crippen LogP contribution in [0.15, 0.2) is 40.2 Å². The highest BCUT2D eigenvalue weighted by Gasteiger charge is 2.30. The number of halogens is 1. The van der Waals surface area contributed by atoms with E-state index in [1.807, 2.05) is 25.1 Å². The number of carbonyl (C=O) groups is 2. The van der Waals surface area contributed by atoms with Gasteiger partial charge in [-0.2, -0.15) is 0 Å². The third kappa shape index (κ3) is 3.78. The molecule has 1 aromatic heterocycles. The Morgan fingerprint density at radius 3 is 2.72 bits per heavy atom. The standard InChI is InChI=1S/C17H13ClN2O3S2/c1-9-3-5-11(24-9)8-14-15(21)20(2)17(25-14)19-10-4-6-13(18)12(7-10)16(22)23/h3-8H,1-2H3,(H,22,23)/b14-8-,19-17?. The number of carbonyl (C=O) groups excluding carboxylic acids is 1. The van der Waals surface area contributed by atoms with Crippen LogP contribution in [-0.2, 0) is 4.79 Å². The number of amides is 1. The molecule has 2 heterocycles. The quantitative estimate of drug-likeness (QED) is 0.772. The Bertz CT molecular complexity index is 934. The number of thiophene rings is 1. The van der Waals surface area contributed by atoms with Gasteiger partial charge in [-0.25, -0.2) is 9.79 Å². The van der Waals surface area contributed by atoms with Gasteiger partial charge in [0.05, 0.1) is 21.2 Å². The second kappa shape index (κ2) is 7.03. The second-order valence-corrected chi connectivity index (χ2v) is 8.02. The van der Waals surface area contributed by atoms with Crippen molar-refractivity contribution in [2.24, 2.45) is 4.99 Å². The van der Waals surface area contributed by atoms with Crippen LogP contribution in [-0.4, -0.2) is 34.1 Å². The average Bonchev–Trinajstić information content (AvgIpc) is 3.08. The molecule has 1 fully saturated rings. The zero-order valence-electron chi connectivity index (χ0n) is 13.3. The number of aliphatic imine (C=N–C) groups is 1. The molecule has 5 nitrogen and oxygen atoms in total. The van der Waals surface area contributed by atoms with Crippen molar-refractivity contribution in [3.63, 3.8) is 0 Å². The van der Waals surface area contributed by atoms with E-state index in [1.54, 1.807) is 24.5 Å². The van der Waals surface area contributed by atoms with Crippen molar-refractivity contribution >= 4 is 63.5 Å². The molecule has 2 aromatic rings. The Morgan fingerprint density at radius 2 is 2.08 bits per heavy atom. The van der Waals surface area contributed by atoms with Crippen LogP contribution in [0.3, 0.4) is 0 Å². The van der Waals surface area contributed by atoms with Crippen LogP contribution in [0.25, 0.3) is 6.08 Å². The first-order valence-electron chi connectivity index (χ1n) is 7.21. The molecule has 0 spiro atoms. The molecular weight excluding hydrogens is 380 g/mol. The molecule has 8 heteroatoms. The number of aryl methyl sites for hydroxylation is 1. The first-order valence-corrected chi connectivity index (χ1v) is 9.22. The maximum absolute atomic E-state index is 12.4. The van der Waals surface area contributed by atoms with Crippen LogP contribution in [0.5, 0.6) is 0 Å². The van der Waals surface area contributed by atoms with Crippen molar-refractivity contribution in [1.82, 2.24) is 4.90 Å². The van der Waals surface area contributed by atoms with Crippen molar-refractivity contribution in [1.29, 1.82) is 0 Å². The van der Waals surface area contributed by atoms with E-state index < -0.39 is 5.97 Å². The molecule has 128 valence electrons. The summed E-state index contributed by atoms with van der Waals surface area (Å²) < 4.78 is 0. The summed E-state index contributed by atoms with van der Waals surface area (Å²) >= 11 is 8.74. The number of benzene rings is 1. The van der Waals surface area contributed by atoms with Gasteiger partial charge >= 0.3 is 5.97 Å². The molecule has 0 radical (unpaired) electrons. The lowest BCUT2D eigenvalue weighted by molar-refractivity contribution is -0.121. The zero-order valence-corrected chi connectivity index (χ0v) is 15.7. The van der Waals surface area contributed by atoms with Crippen molar-refractivity contribution < 1.29 is 14.7 Å². The van der Waals surface area contributed by atoms with Crippen LogP contribution in [0, 0.1) is 6.92 Å². The Kier molecular flexibility index (Phi) is 4.99. The lowest BCUT2D eigenvalue weighted by Crippen LogP contribution is -2.23. The number of likely N-dealkylation sites (N-methyl/N-ethyl adjacent to an activating group) is 1. The Morgan fingerprint density at radius 1 is 1.32 bits per heavy atom. The summed E-state index contributed by atoms with van der Waals surface area (Å²) in [7, 11) is 1.64. The molecule has 1 N–H and O–H groups in total. The summed E-state index contributed by atoms with van der Waals surface area (Å²) in [5.41, 5.74) is 0.405. The van der Waals surface area contributed by atoms with E-state index in [1.165, 1.54) is 33.7 Å². The van der Waals surface area contributed by atoms with Gasteiger partial charge in [-0.1, -0.05) is 11.6 Å². The highest BCUT2D eigenvalue weighted by molar-refractivity contribution is 8.18. The predicted octanol–water partition coefficient (Wildman–Crippen LogP) is 4.64. The highest BCUT2D eigenvalue weighted by atomic mass is 35.5. The number of carboxylic acids is 1. The number of amidine groups is 1. The number of rotatable bonds is 3. The lowest BCUT2D eigenvalue weighted by Gasteiger charge is -2.07. The number of thioether (sulfide) groups is 1. The molecule has 0 aliphatic carbocycles. The lowest BCUT2D eigenvalue weighted by atomic mass is 10.2. The summed E-state index contributed by atoms with van der Waals surface area (Å²) in [6, 6.07) is 8.46. The van der Waals surface area contributed by atoms with Crippen LogP contribution in [0.1, 0.15) is 20.1 Å². The van der Waals surface area contributed by atoms with Crippen molar-refractivity contribution in [3.05, 3.63) is 55.6 Å². The van der Waals surface area contributed by atoms with Gasteiger partial charge in [0, 0.05) is 16.8 Å². The Hall–Kier alpha value is -2.09. The third-order valence-corrected chi connectivity index (χ3v) is 5.78. The smallest absolute Gasteiger partial charge is 0.337 e. The fraction of sp³-hybridized carbons (Fsp3) is 0.118. The summed E-state index contributed by atoms with van der Waals surface area (Å²) in [5, 5.41) is 9.78. The van der Waals surface area contributed by atoms with E-state index in [0.29, 0.717) is 15.8 Å². The third-order valence-electron chi connectivity index (χ3n) is 3.44. The van der Waals surface area contributed by atoms with E-state index in [0.717, 1.165) is 4.88 Å². The van der Waals surface area contributed by atoms with Gasteiger partial charge in [-0.3, -0.25) is 9.69 Å². The number of nitrogens with zero attached hydrogens (tertiary/aromatic N) is 2. The van der Waals surface area contributed by atoms with Gasteiger partial charge in [-0.15, -0.1) is 11.3 Å². The molecule has 0 saturated carbocycles. The molecule has 1 aliphatic heterocycles. The zero-order chi connectivity index (χ0) is 18.1. The Balaban J connectivity index is 1.92. The van der Waals surface area contributed by atoms with E-state index >= 15 is 0 Å². The molecule has 1 aliphatic rings. The van der Waals surface area contributed by atoms with Gasteiger partial charge in [0.25, 0.3) is 5.91 Å². The van der Waals surface area contributed by atoms with Crippen LogP contribution in [0.2, 0.25) is 5.02 Å². The largest absolute Gasteiger partial charge is 0.478 e. The molecule has 1 saturated heterocycles. The summed E-state index contributed by atoms with van der Waals surface area (Å²) in [4.78, 5) is 32.2. The summed E-state index contributed by atoms with van der Waals surface area (Å²) in [5.74, 6) is -1.26. The van der Waals surface area contributed by atoms with Gasteiger partial charge in [0.15, 0.2) is 5.17 Å². The number of aromatic carboxylic acids is 1. The van der Waals surface area contributed by atoms with Gasteiger partial charge < -0.3 is 5.11 Å². The maximum Gasteiger partial charge on any atom is 0.337 e. The van der Waals surface area contributed by atoms with Crippen LogP contribution >= 0.6 is 34.7 Å². The van der Waals surface area contributed by atoms with Crippen molar-refractivity contribution in [3.8, 4) is 0 Å². The molecule has 0 unspecified atom stereocenters. The van der Waals surface area contributed by atoms with Crippen molar-refractivity contribution in [2.45, 2.75) is 6.92 Å². The molecule has 3 rings (SSSR count). The number of hydrogen-bond donors (Lipinski definition) is 1. The SMILES string of the molecule is Cc1ccc(/C=C2\SC(=Nc3ccc(Cl)c(C(=O)O)c3)N(C)C2=O)s1. The molecule has 25 heavy (non-hydrogen) atoms. The molecule has 1 amide bonds. The first-order chi connectivity index (χ1) is 11.8. The minimum atomic E-state index is -1.12. The van der Waals surface area contributed by atoms with E-state index in [4.69, 9.17) is 16.7 Å². The van der Waals surface area contributed by atoms with Crippen LogP contribution < -0.4 is 0 Å².